The predicted molar refractivity (Wildman–Crippen MR) is 79.1 cm³/mol. The zero-order chi connectivity index (χ0) is 15.4. The van der Waals surface area contributed by atoms with Gasteiger partial charge in [0, 0.05) is 4.88 Å². The smallest absolute Gasteiger partial charge is 0.340 e. The number of rotatable bonds is 4. The van der Waals surface area contributed by atoms with Gasteiger partial charge in [-0.15, -0.1) is 11.3 Å². The largest absolute Gasteiger partial charge is 0.465 e. The Hall–Kier alpha value is -2.21. The van der Waals surface area contributed by atoms with Crippen LogP contribution in [0.15, 0.2) is 30.3 Å². The van der Waals surface area contributed by atoms with E-state index in [1.54, 1.807) is 18.2 Å². The monoisotopic (exact) mass is 307 g/mol. The quantitative estimate of drug-likeness (QED) is 0.883. The molecule has 1 aromatic heterocycles. The molecule has 0 aliphatic carbocycles. The standard InChI is InChI=1S/C15H14FNO3S/c1-9-7-12(15(19)20-2)14(21-9)17-13(18)8-10-3-5-11(16)6-4-10/h3-7H,8H2,1-2H3,(H,17,18). The molecule has 1 aromatic carbocycles. The van der Waals surface area contributed by atoms with E-state index in [2.05, 4.69) is 10.1 Å². The number of methoxy groups -OCH3 is 1. The number of carbonyl (C=O) groups excluding carboxylic acids is 2. The van der Waals surface area contributed by atoms with E-state index in [9.17, 15) is 14.0 Å². The number of nitrogens with one attached hydrogen (secondary N) is 1. The van der Waals surface area contributed by atoms with E-state index < -0.39 is 5.97 Å². The summed E-state index contributed by atoms with van der Waals surface area (Å²) in [6, 6.07) is 7.38. The van der Waals surface area contributed by atoms with E-state index in [0.29, 0.717) is 16.1 Å². The first-order valence-corrected chi connectivity index (χ1v) is 7.04. The predicted octanol–water partition coefficient (Wildman–Crippen LogP) is 3.16. The summed E-state index contributed by atoms with van der Waals surface area (Å²) >= 11 is 1.31. The number of hydrogen-bond donors (Lipinski definition) is 1. The Bertz CT molecular complexity index is 664. The van der Waals surface area contributed by atoms with Gasteiger partial charge in [-0.3, -0.25) is 4.79 Å². The Labute approximate surface area is 125 Å². The van der Waals surface area contributed by atoms with Crippen LogP contribution in [0.4, 0.5) is 9.39 Å². The lowest BCUT2D eigenvalue weighted by molar-refractivity contribution is -0.115. The van der Waals surface area contributed by atoms with Crippen LogP contribution < -0.4 is 5.32 Å². The second-order valence-corrected chi connectivity index (χ2v) is 5.70. The Kier molecular flexibility index (Phi) is 4.70. The van der Waals surface area contributed by atoms with Crippen molar-refractivity contribution in [1.29, 1.82) is 0 Å². The fourth-order valence-electron chi connectivity index (χ4n) is 1.83. The van der Waals surface area contributed by atoms with Crippen molar-refractivity contribution in [3.63, 3.8) is 0 Å². The molecule has 1 heterocycles. The summed E-state index contributed by atoms with van der Waals surface area (Å²) in [6.45, 7) is 1.84. The first-order chi connectivity index (χ1) is 9.99. The van der Waals surface area contributed by atoms with Crippen molar-refractivity contribution in [2.24, 2.45) is 0 Å². The summed E-state index contributed by atoms with van der Waals surface area (Å²) < 4.78 is 17.5. The Morgan fingerprint density at radius 1 is 1.29 bits per heavy atom. The summed E-state index contributed by atoms with van der Waals surface area (Å²) in [5, 5.41) is 3.16. The van der Waals surface area contributed by atoms with Crippen LogP contribution in [0.2, 0.25) is 0 Å². The molecule has 0 atom stereocenters. The third-order valence-corrected chi connectivity index (χ3v) is 3.76. The molecule has 0 saturated heterocycles. The number of ether oxygens (including phenoxy) is 1. The molecule has 6 heteroatoms. The maximum atomic E-state index is 12.8. The van der Waals surface area contributed by atoms with Crippen LogP contribution in [0, 0.1) is 12.7 Å². The van der Waals surface area contributed by atoms with Crippen molar-refractivity contribution in [2.75, 3.05) is 12.4 Å². The van der Waals surface area contributed by atoms with Gasteiger partial charge in [-0.05, 0) is 30.7 Å². The molecule has 110 valence electrons. The molecular weight excluding hydrogens is 293 g/mol. The van der Waals surface area contributed by atoms with Crippen LogP contribution in [-0.4, -0.2) is 19.0 Å². The molecule has 0 aliphatic rings. The van der Waals surface area contributed by atoms with Gasteiger partial charge in [0.2, 0.25) is 5.91 Å². The van der Waals surface area contributed by atoms with Crippen LogP contribution >= 0.6 is 11.3 Å². The molecule has 1 amide bonds. The number of carbonyl (C=O) groups is 2. The van der Waals surface area contributed by atoms with Crippen molar-refractivity contribution in [3.8, 4) is 0 Å². The highest BCUT2D eigenvalue weighted by molar-refractivity contribution is 7.16. The fraction of sp³-hybridized carbons (Fsp3) is 0.200. The minimum atomic E-state index is -0.489. The molecule has 4 nitrogen and oxygen atoms in total. The number of aryl methyl sites for hydroxylation is 1. The van der Waals surface area contributed by atoms with Crippen molar-refractivity contribution < 1.29 is 18.7 Å². The second kappa shape index (κ2) is 6.49. The maximum Gasteiger partial charge on any atom is 0.340 e. The zero-order valence-electron chi connectivity index (χ0n) is 11.6. The van der Waals surface area contributed by atoms with Crippen molar-refractivity contribution in [1.82, 2.24) is 0 Å². The molecule has 2 aromatic rings. The Morgan fingerprint density at radius 2 is 1.95 bits per heavy atom. The molecular formula is C15H14FNO3S. The fourth-order valence-corrected chi connectivity index (χ4v) is 2.74. The van der Waals surface area contributed by atoms with E-state index >= 15 is 0 Å². The highest BCUT2D eigenvalue weighted by Gasteiger charge is 2.17. The molecule has 0 unspecified atom stereocenters. The van der Waals surface area contributed by atoms with Crippen LogP contribution in [0.3, 0.4) is 0 Å². The Morgan fingerprint density at radius 3 is 2.57 bits per heavy atom. The lowest BCUT2D eigenvalue weighted by atomic mass is 10.1. The van der Waals surface area contributed by atoms with Crippen LogP contribution in [0.1, 0.15) is 20.8 Å². The van der Waals surface area contributed by atoms with E-state index in [-0.39, 0.29) is 18.1 Å². The van der Waals surface area contributed by atoms with Gasteiger partial charge in [0.05, 0.1) is 19.1 Å². The SMILES string of the molecule is COC(=O)c1cc(C)sc1NC(=O)Cc1ccc(F)cc1. The second-order valence-electron chi connectivity index (χ2n) is 4.44. The zero-order valence-corrected chi connectivity index (χ0v) is 12.4. The molecule has 0 fully saturated rings. The van der Waals surface area contributed by atoms with E-state index in [0.717, 1.165) is 4.88 Å². The molecule has 0 spiro atoms. The summed E-state index contributed by atoms with van der Waals surface area (Å²) in [4.78, 5) is 24.5. The van der Waals surface area contributed by atoms with Gasteiger partial charge in [0.15, 0.2) is 0 Å². The highest BCUT2D eigenvalue weighted by Crippen LogP contribution is 2.28. The summed E-state index contributed by atoms with van der Waals surface area (Å²) in [5.74, 6) is -1.11. The minimum absolute atomic E-state index is 0.109. The third kappa shape index (κ3) is 3.88. The average molecular weight is 307 g/mol. The number of benzene rings is 1. The van der Waals surface area contributed by atoms with Crippen LogP contribution in [0.5, 0.6) is 0 Å². The van der Waals surface area contributed by atoms with Gasteiger partial charge in [0.1, 0.15) is 10.8 Å². The number of amides is 1. The van der Waals surface area contributed by atoms with E-state index in [4.69, 9.17) is 0 Å². The van der Waals surface area contributed by atoms with Crippen molar-refractivity contribution in [3.05, 3.63) is 52.2 Å². The third-order valence-electron chi connectivity index (χ3n) is 2.79. The summed E-state index contributed by atoms with van der Waals surface area (Å²) in [7, 11) is 1.29. The number of halogens is 1. The van der Waals surface area contributed by atoms with Gasteiger partial charge in [-0.2, -0.15) is 0 Å². The average Bonchev–Trinajstić information content (AvgIpc) is 2.81. The van der Waals surface area contributed by atoms with Crippen LogP contribution in [0.25, 0.3) is 0 Å². The minimum Gasteiger partial charge on any atom is -0.465 e. The summed E-state index contributed by atoms with van der Waals surface area (Å²) in [6.07, 6.45) is 0.109. The number of thiophene rings is 1. The van der Waals surface area contributed by atoms with Gasteiger partial charge < -0.3 is 10.1 Å². The lowest BCUT2D eigenvalue weighted by Gasteiger charge is -2.05. The molecule has 2 rings (SSSR count). The number of anilines is 1. The van der Waals surface area contributed by atoms with Gasteiger partial charge in [-0.1, -0.05) is 12.1 Å². The molecule has 0 radical (unpaired) electrons. The first-order valence-electron chi connectivity index (χ1n) is 6.22. The maximum absolute atomic E-state index is 12.8. The number of hydrogen-bond acceptors (Lipinski definition) is 4. The van der Waals surface area contributed by atoms with Crippen molar-refractivity contribution in [2.45, 2.75) is 13.3 Å². The van der Waals surface area contributed by atoms with Gasteiger partial charge in [0.25, 0.3) is 0 Å². The topological polar surface area (TPSA) is 55.4 Å². The molecule has 0 saturated carbocycles. The van der Waals surface area contributed by atoms with Crippen LogP contribution in [-0.2, 0) is 16.0 Å². The van der Waals surface area contributed by atoms with Gasteiger partial charge >= 0.3 is 5.97 Å². The highest BCUT2D eigenvalue weighted by atomic mass is 32.1. The normalized spacial score (nSPS) is 10.2. The van der Waals surface area contributed by atoms with E-state index in [1.807, 2.05) is 6.92 Å². The van der Waals surface area contributed by atoms with Gasteiger partial charge in [-0.25, -0.2) is 9.18 Å². The molecule has 0 bridgehead atoms. The van der Waals surface area contributed by atoms with Crippen molar-refractivity contribution >= 4 is 28.2 Å². The lowest BCUT2D eigenvalue weighted by Crippen LogP contribution is -2.15. The molecule has 21 heavy (non-hydrogen) atoms. The molecule has 1 N–H and O–H groups in total. The summed E-state index contributed by atoms with van der Waals surface area (Å²) in [5.41, 5.74) is 1.04. The van der Waals surface area contributed by atoms with E-state index in [1.165, 1.54) is 30.6 Å². The molecule has 0 aliphatic heterocycles. The first kappa shape index (κ1) is 15.2. The number of esters is 1. The Balaban J connectivity index is 2.09.